The minimum atomic E-state index is 0.791. The first kappa shape index (κ1) is 14.8. The van der Waals surface area contributed by atoms with Gasteiger partial charge in [-0.15, -0.1) is 0 Å². The van der Waals surface area contributed by atoms with Crippen molar-refractivity contribution >= 4 is 0 Å². The minimum Gasteiger partial charge on any atom is -0.314 e. The Morgan fingerprint density at radius 3 is 2.55 bits per heavy atom. The van der Waals surface area contributed by atoms with Gasteiger partial charge in [0.25, 0.3) is 0 Å². The molecule has 0 radical (unpaired) electrons. The van der Waals surface area contributed by atoms with Crippen LogP contribution in [0.5, 0.6) is 0 Å². The van der Waals surface area contributed by atoms with Gasteiger partial charge in [-0.1, -0.05) is 12.8 Å². The van der Waals surface area contributed by atoms with Crippen LogP contribution < -0.4 is 10.6 Å². The van der Waals surface area contributed by atoms with Crippen molar-refractivity contribution in [2.75, 3.05) is 33.2 Å². The van der Waals surface area contributed by atoms with Crippen LogP contribution in [-0.2, 0) is 0 Å². The van der Waals surface area contributed by atoms with Gasteiger partial charge in [0.05, 0.1) is 0 Å². The highest BCUT2D eigenvalue weighted by molar-refractivity contribution is 4.92. The van der Waals surface area contributed by atoms with Crippen molar-refractivity contribution in [1.82, 2.24) is 15.5 Å². The Morgan fingerprint density at radius 1 is 1.00 bits per heavy atom. The summed E-state index contributed by atoms with van der Waals surface area (Å²) in [6.07, 6.45) is 11.3. The van der Waals surface area contributed by atoms with E-state index in [4.69, 9.17) is 0 Å². The van der Waals surface area contributed by atoms with Crippen LogP contribution in [0.15, 0.2) is 0 Å². The van der Waals surface area contributed by atoms with E-state index in [2.05, 4.69) is 22.6 Å². The SMILES string of the molecule is CN1CCC(CNC2CCCCC2C2CCCN2)CC1. The smallest absolute Gasteiger partial charge is 0.0111 e. The van der Waals surface area contributed by atoms with E-state index in [9.17, 15) is 0 Å². The van der Waals surface area contributed by atoms with Gasteiger partial charge in [0.2, 0.25) is 0 Å². The Morgan fingerprint density at radius 2 is 1.80 bits per heavy atom. The molecule has 0 aromatic carbocycles. The van der Waals surface area contributed by atoms with E-state index in [0.29, 0.717) is 0 Å². The van der Waals surface area contributed by atoms with Gasteiger partial charge < -0.3 is 15.5 Å². The summed E-state index contributed by atoms with van der Waals surface area (Å²) in [6, 6.07) is 1.60. The fourth-order valence-electron chi connectivity index (χ4n) is 4.56. The van der Waals surface area contributed by atoms with Crippen molar-refractivity contribution in [1.29, 1.82) is 0 Å². The molecule has 1 aliphatic carbocycles. The van der Waals surface area contributed by atoms with Crippen molar-refractivity contribution < 1.29 is 0 Å². The van der Waals surface area contributed by atoms with Gasteiger partial charge in [0.1, 0.15) is 0 Å². The highest BCUT2D eigenvalue weighted by Gasteiger charge is 2.33. The predicted molar refractivity (Wildman–Crippen MR) is 85.0 cm³/mol. The molecule has 2 saturated heterocycles. The van der Waals surface area contributed by atoms with E-state index < -0.39 is 0 Å². The second kappa shape index (κ2) is 7.24. The van der Waals surface area contributed by atoms with Crippen LogP contribution in [0.1, 0.15) is 51.4 Å². The third-order valence-electron chi connectivity index (χ3n) is 5.94. The highest BCUT2D eigenvalue weighted by atomic mass is 15.1. The summed E-state index contributed by atoms with van der Waals surface area (Å²) in [5, 5.41) is 7.73. The first-order valence-electron chi connectivity index (χ1n) is 8.98. The molecule has 2 N–H and O–H groups in total. The fraction of sp³-hybridized carbons (Fsp3) is 1.00. The quantitative estimate of drug-likeness (QED) is 0.826. The average molecular weight is 279 g/mol. The lowest BCUT2D eigenvalue weighted by molar-refractivity contribution is 0.181. The van der Waals surface area contributed by atoms with Gasteiger partial charge in [-0.2, -0.15) is 0 Å². The third-order valence-corrected chi connectivity index (χ3v) is 5.94. The van der Waals surface area contributed by atoms with Crippen LogP contribution in [0.3, 0.4) is 0 Å². The summed E-state index contributed by atoms with van der Waals surface area (Å²) in [5.74, 6) is 1.82. The van der Waals surface area contributed by atoms with E-state index in [-0.39, 0.29) is 0 Å². The van der Waals surface area contributed by atoms with Crippen LogP contribution in [0.25, 0.3) is 0 Å². The summed E-state index contributed by atoms with van der Waals surface area (Å²) < 4.78 is 0. The standard InChI is InChI=1S/C17H33N3/c1-20-11-8-14(9-12-20)13-19-17-6-3-2-5-15(17)16-7-4-10-18-16/h14-19H,2-13H2,1H3. The number of piperidine rings is 1. The lowest BCUT2D eigenvalue weighted by Gasteiger charge is -2.38. The van der Waals surface area contributed by atoms with Crippen LogP contribution in [0.4, 0.5) is 0 Å². The zero-order valence-electron chi connectivity index (χ0n) is 13.2. The average Bonchev–Trinajstić information content (AvgIpc) is 3.01. The minimum absolute atomic E-state index is 0.791. The normalized spacial score (nSPS) is 37.4. The summed E-state index contributed by atoms with van der Waals surface area (Å²) in [7, 11) is 2.26. The van der Waals surface area contributed by atoms with E-state index in [1.165, 1.54) is 77.5 Å². The van der Waals surface area contributed by atoms with Gasteiger partial charge in [-0.05, 0) is 83.6 Å². The molecule has 1 saturated carbocycles. The largest absolute Gasteiger partial charge is 0.314 e. The predicted octanol–water partition coefficient (Wildman–Crippen LogP) is 2.23. The van der Waals surface area contributed by atoms with E-state index in [1.807, 2.05) is 0 Å². The zero-order chi connectivity index (χ0) is 13.8. The molecule has 3 rings (SSSR count). The second-order valence-corrected chi connectivity index (χ2v) is 7.41. The van der Waals surface area contributed by atoms with Crippen molar-refractivity contribution in [3.63, 3.8) is 0 Å². The number of rotatable bonds is 4. The summed E-state index contributed by atoms with van der Waals surface area (Å²) in [6.45, 7) is 5.11. The molecule has 3 aliphatic rings. The molecule has 0 bridgehead atoms. The van der Waals surface area contributed by atoms with Gasteiger partial charge in [0, 0.05) is 12.1 Å². The van der Waals surface area contributed by atoms with Gasteiger partial charge in [-0.25, -0.2) is 0 Å². The Kier molecular flexibility index (Phi) is 5.36. The maximum atomic E-state index is 3.97. The van der Waals surface area contributed by atoms with Gasteiger partial charge in [-0.3, -0.25) is 0 Å². The molecule has 20 heavy (non-hydrogen) atoms. The Bertz CT molecular complexity index is 280. The number of likely N-dealkylation sites (tertiary alicyclic amines) is 1. The monoisotopic (exact) mass is 279 g/mol. The summed E-state index contributed by atoms with van der Waals surface area (Å²) in [5.41, 5.74) is 0. The van der Waals surface area contributed by atoms with E-state index >= 15 is 0 Å². The van der Waals surface area contributed by atoms with Crippen molar-refractivity contribution in [3.8, 4) is 0 Å². The van der Waals surface area contributed by atoms with E-state index in [0.717, 1.165) is 23.9 Å². The van der Waals surface area contributed by atoms with Gasteiger partial charge >= 0.3 is 0 Å². The number of hydrogen-bond donors (Lipinski definition) is 2. The maximum Gasteiger partial charge on any atom is 0.0111 e. The molecule has 3 unspecified atom stereocenters. The molecule has 3 heteroatoms. The third kappa shape index (κ3) is 3.75. The Balaban J connectivity index is 1.46. The molecule has 2 heterocycles. The molecule has 3 atom stereocenters. The molecule has 116 valence electrons. The number of nitrogens with one attached hydrogen (secondary N) is 2. The molecule has 3 fully saturated rings. The first-order chi connectivity index (χ1) is 9.83. The molecular weight excluding hydrogens is 246 g/mol. The highest BCUT2D eigenvalue weighted by Crippen LogP contribution is 2.31. The van der Waals surface area contributed by atoms with Crippen molar-refractivity contribution in [3.05, 3.63) is 0 Å². The number of hydrogen-bond acceptors (Lipinski definition) is 3. The summed E-state index contributed by atoms with van der Waals surface area (Å²) >= 11 is 0. The molecule has 0 spiro atoms. The molecule has 0 amide bonds. The molecule has 2 aliphatic heterocycles. The van der Waals surface area contributed by atoms with Crippen LogP contribution in [-0.4, -0.2) is 50.2 Å². The van der Waals surface area contributed by atoms with Crippen LogP contribution in [0.2, 0.25) is 0 Å². The molecule has 0 aromatic rings. The maximum absolute atomic E-state index is 3.97. The lowest BCUT2D eigenvalue weighted by atomic mass is 9.79. The van der Waals surface area contributed by atoms with Crippen molar-refractivity contribution in [2.24, 2.45) is 11.8 Å². The van der Waals surface area contributed by atoms with Crippen LogP contribution in [0, 0.1) is 11.8 Å². The molecular formula is C17H33N3. The first-order valence-corrected chi connectivity index (χ1v) is 8.98. The lowest BCUT2D eigenvalue weighted by Crippen LogP contribution is -2.48. The molecule has 3 nitrogen and oxygen atoms in total. The molecule has 0 aromatic heterocycles. The Labute approximate surface area is 124 Å². The topological polar surface area (TPSA) is 27.3 Å². The summed E-state index contributed by atoms with van der Waals surface area (Å²) in [4.78, 5) is 2.47. The fourth-order valence-corrected chi connectivity index (χ4v) is 4.56. The number of nitrogens with zero attached hydrogens (tertiary/aromatic N) is 1. The van der Waals surface area contributed by atoms with Gasteiger partial charge in [0.15, 0.2) is 0 Å². The van der Waals surface area contributed by atoms with Crippen molar-refractivity contribution in [2.45, 2.75) is 63.5 Å². The second-order valence-electron chi connectivity index (χ2n) is 7.41. The zero-order valence-corrected chi connectivity index (χ0v) is 13.2. The van der Waals surface area contributed by atoms with E-state index in [1.54, 1.807) is 0 Å². The van der Waals surface area contributed by atoms with Crippen LogP contribution >= 0.6 is 0 Å². The Hall–Kier alpha value is -0.120.